The predicted octanol–water partition coefficient (Wildman–Crippen LogP) is 4.27. The van der Waals surface area contributed by atoms with Crippen LogP contribution < -0.4 is 9.46 Å². The molecule has 2 aromatic rings. The van der Waals surface area contributed by atoms with Gasteiger partial charge in [0.2, 0.25) is 0 Å². The molecule has 1 N–H and O–H groups in total. The number of para-hydroxylation sites is 1. The minimum Gasteiger partial charge on any atom is -0.495 e. The summed E-state index contributed by atoms with van der Waals surface area (Å²) in [7, 11) is -2.27. The second-order valence-electron chi connectivity index (χ2n) is 5.06. The van der Waals surface area contributed by atoms with Gasteiger partial charge in [0.25, 0.3) is 10.0 Å². The summed E-state index contributed by atoms with van der Waals surface area (Å²) in [5.41, 5.74) is 2.59. The molecule has 0 aromatic heterocycles. The van der Waals surface area contributed by atoms with Crippen LogP contribution in [0.1, 0.15) is 25.0 Å². The largest absolute Gasteiger partial charge is 0.495 e. The van der Waals surface area contributed by atoms with Gasteiger partial charge in [-0.15, -0.1) is 0 Å². The number of sulfonamides is 1. The van der Waals surface area contributed by atoms with E-state index in [1.807, 2.05) is 32.0 Å². The van der Waals surface area contributed by atoms with Crippen LogP contribution in [-0.2, 0) is 22.9 Å². The van der Waals surface area contributed by atoms with Gasteiger partial charge in [0.15, 0.2) is 0 Å². The molecule has 0 radical (unpaired) electrons. The van der Waals surface area contributed by atoms with Crippen LogP contribution in [0, 0.1) is 0 Å². The highest BCUT2D eigenvalue weighted by Gasteiger charge is 2.19. The van der Waals surface area contributed by atoms with Crippen LogP contribution >= 0.6 is 11.6 Å². The van der Waals surface area contributed by atoms with E-state index in [9.17, 15) is 8.42 Å². The molecule has 124 valence electrons. The van der Waals surface area contributed by atoms with E-state index in [0.717, 1.165) is 24.0 Å². The van der Waals surface area contributed by atoms with Crippen molar-refractivity contribution in [2.75, 3.05) is 11.8 Å². The topological polar surface area (TPSA) is 55.4 Å². The quantitative estimate of drug-likeness (QED) is 0.843. The highest BCUT2D eigenvalue weighted by Crippen LogP contribution is 2.30. The Morgan fingerprint density at radius 3 is 2.22 bits per heavy atom. The van der Waals surface area contributed by atoms with Crippen LogP contribution in [0.25, 0.3) is 0 Å². The number of hydrogen-bond acceptors (Lipinski definition) is 3. The van der Waals surface area contributed by atoms with Crippen LogP contribution in [0.2, 0.25) is 5.02 Å². The van der Waals surface area contributed by atoms with Gasteiger partial charge in [-0.25, -0.2) is 8.42 Å². The van der Waals surface area contributed by atoms with E-state index in [4.69, 9.17) is 16.3 Å². The Balaban J connectivity index is 2.47. The lowest BCUT2D eigenvalue weighted by Crippen LogP contribution is -2.15. The maximum Gasteiger partial charge on any atom is 0.262 e. The lowest BCUT2D eigenvalue weighted by molar-refractivity contribution is 0.413. The number of anilines is 1. The molecule has 6 heteroatoms. The lowest BCUT2D eigenvalue weighted by atomic mass is 10.0. The Kier molecular flexibility index (Phi) is 5.55. The highest BCUT2D eigenvalue weighted by atomic mass is 35.5. The van der Waals surface area contributed by atoms with E-state index < -0.39 is 10.0 Å². The van der Waals surface area contributed by atoms with Crippen molar-refractivity contribution in [3.63, 3.8) is 0 Å². The molecular weight excluding hydrogens is 334 g/mol. The van der Waals surface area contributed by atoms with Crippen LogP contribution in [0.4, 0.5) is 5.69 Å². The van der Waals surface area contributed by atoms with Crippen molar-refractivity contribution < 1.29 is 13.2 Å². The minimum atomic E-state index is -3.72. The molecule has 4 nitrogen and oxygen atoms in total. The van der Waals surface area contributed by atoms with Gasteiger partial charge >= 0.3 is 0 Å². The third-order valence-corrected chi connectivity index (χ3v) is 5.33. The molecule has 0 heterocycles. The molecule has 0 spiro atoms. The Hall–Kier alpha value is -1.72. The lowest BCUT2D eigenvalue weighted by Gasteiger charge is -2.16. The van der Waals surface area contributed by atoms with Gasteiger partial charge in [0.1, 0.15) is 5.75 Å². The molecule has 0 amide bonds. The Bertz CT molecular complexity index is 781. The molecule has 0 saturated carbocycles. The van der Waals surface area contributed by atoms with E-state index in [0.29, 0.717) is 16.5 Å². The average Bonchev–Trinajstić information content (AvgIpc) is 2.55. The van der Waals surface area contributed by atoms with Crippen molar-refractivity contribution in [3.8, 4) is 5.75 Å². The first-order valence-corrected chi connectivity index (χ1v) is 9.26. The summed E-state index contributed by atoms with van der Waals surface area (Å²) in [6.07, 6.45) is 1.49. The smallest absolute Gasteiger partial charge is 0.262 e. The van der Waals surface area contributed by atoms with Gasteiger partial charge in [-0.2, -0.15) is 0 Å². The summed E-state index contributed by atoms with van der Waals surface area (Å²) in [6, 6.07) is 10.2. The zero-order valence-corrected chi connectivity index (χ0v) is 15.0. The second kappa shape index (κ2) is 7.23. The standard InChI is InChI=1S/C17H20ClNO3S/c1-4-12-7-6-8-13(5-2)17(12)19-23(20,21)14-9-10-15(18)16(11-14)22-3/h6-11,19H,4-5H2,1-3H3. The van der Waals surface area contributed by atoms with E-state index >= 15 is 0 Å². The molecular formula is C17H20ClNO3S. The zero-order valence-electron chi connectivity index (χ0n) is 13.4. The first-order valence-electron chi connectivity index (χ1n) is 7.40. The van der Waals surface area contributed by atoms with Crippen molar-refractivity contribution >= 4 is 27.3 Å². The summed E-state index contributed by atoms with van der Waals surface area (Å²) < 4.78 is 33.2. The summed E-state index contributed by atoms with van der Waals surface area (Å²) in [6.45, 7) is 4.00. The summed E-state index contributed by atoms with van der Waals surface area (Å²) >= 11 is 5.96. The summed E-state index contributed by atoms with van der Waals surface area (Å²) in [5, 5.41) is 0.370. The summed E-state index contributed by atoms with van der Waals surface area (Å²) in [4.78, 5) is 0.117. The third-order valence-electron chi connectivity index (χ3n) is 3.67. The normalized spacial score (nSPS) is 11.3. The molecule has 0 saturated heterocycles. The van der Waals surface area contributed by atoms with Gasteiger partial charge in [-0.05, 0) is 36.1 Å². The van der Waals surface area contributed by atoms with Crippen molar-refractivity contribution in [2.24, 2.45) is 0 Å². The molecule has 0 aliphatic carbocycles. The molecule has 23 heavy (non-hydrogen) atoms. The number of ether oxygens (including phenoxy) is 1. The number of hydrogen-bond donors (Lipinski definition) is 1. The maximum atomic E-state index is 12.7. The fourth-order valence-corrected chi connectivity index (χ4v) is 3.73. The monoisotopic (exact) mass is 353 g/mol. The molecule has 0 fully saturated rings. The SMILES string of the molecule is CCc1cccc(CC)c1NS(=O)(=O)c1ccc(Cl)c(OC)c1. The van der Waals surface area contributed by atoms with Gasteiger partial charge < -0.3 is 4.74 Å². The van der Waals surface area contributed by atoms with Gasteiger partial charge in [-0.3, -0.25) is 4.72 Å². The Morgan fingerprint density at radius 2 is 1.70 bits per heavy atom. The molecule has 0 unspecified atom stereocenters. The van der Waals surface area contributed by atoms with Crippen LogP contribution in [0.3, 0.4) is 0 Å². The predicted molar refractivity (Wildman–Crippen MR) is 94.0 cm³/mol. The molecule has 2 rings (SSSR count). The van der Waals surface area contributed by atoms with E-state index in [-0.39, 0.29) is 4.90 Å². The number of aryl methyl sites for hydroxylation is 2. The van der Waals surface area contributed by atoms with E-state index in [2.05, 4.69) is 4.72 Å². The summed E-state index contributed by atoms with van der Waals surface area (Å²) in [5.74, 6) is 0.328. The van der Waals surface area contributed by atoms with Crippen molar-refractivity contribution in [1.82, 2.24) is 0 Å². The number of rotatable bonds is 6. The zero-order chi connectivity index (χ0) is 17.0. The molecule has 0 aliphatic heterocycles. The number of benzene rings is 2. The number of methoxy groups -OCH3 is 1. The first-order chi connectivity index (χ1) is 10.9. The van der Waals surface area contributed by atoms with Crippen LogP contribution in [-0.4, -0.2) is 15.5 Å². The van der Waals surface area contributed by atoms with Crippen molar-refractivity contribution in [3.05, 3.63) is 52.5 Å². The van der Waals surface area contributed by atoms with Crippen LogP contribution in [0.5, 0.6) is 5.75 Å². The fraction of sp³-hybridized carbons (Fsp3) is 0.294. The van der Waals surface area contributed by atoms with Crippen molar-refractivity contribution in [2.45, 2.75) is 31.6 Å². The number of nitrogens with one attached hydrogen (secondary N) is 1. The Morgan fingerprint density at radius 1 is 1.09 bits per heavy atom. The first kappa shape index (κ1) is 17.6. The highest BCUT2D eigenvalue weighted by molar-refractivity contribution is 7.92. The molecule has 2 aromatic carbocycles. The third kappa shape index (κ3) is 3.79. The second-order valence-corrected chi connectivity index (χ2v) is 7.15. The van der Waals surface area contributed by atoms with Crippen LogP contribution in [0.15, 0.2) is 41.3 Å². The maximum absolute atomic E-state index is 12.7. The average molecular weight is 354 g/mol. The molecule has 0 aliphatic rings. The molecule has 0 bridgehead atoms. The minimum absolute atomic E-state index is 0.117. The number of halogens is 1. The van der Waals surface area contributed by atoms with Crippen molar-refractivity contribution in [1.29, 1.82) is 0 Å². The molecule has 0 atom stereocenters. The van der Waals surface area contributed by atoms with E-state index in [1.54, 1.807) is 0 Å². The fourth-order valence-electron chi connectivity index (χ4n) is 2.37. The Labute approximate surface area is 142 Å². The van der Waals surface area contributed by atoms with Gasteiger partial charge in [-0.1, -0.05) is 43.6 Å². The van der Waals surface area contributed by atoms with E-state index in [1.165, 1.54) is 25.3 Å². The van der Waals surface area contributed by atoms with Gasteiger partial charge in [0.05, 0.1) is 22.7 Å². The van der Waals surface area contributed by atoms with Gasteiger partial charge in [0, 0.05) is 6.07 Å².